The Bertz CT molecular complexity index is 2160. The predicted octanol–water partition coefficient (Wildman–Crippen LogP) is 6.89. The summed E-state index contributed by atoms with van der Waals surface area (Å²) in [6.45, 7) is 2.06. The van der Waals surface area contributed by atoms with Crippen LogP contribution in [0.5, 0.6) is 0 Å². The Morgan fingerprint density at radius 2 is 1.22 bits per heavy atom. The molecule has 217 valence electrons. The van der Waals surface area contributed by atoms with Crippen LogP contribution in [-0.2, 0) is 20.1 Å². The van der Waals surface area contributed by atoms with Crippen molar-refractivity contribution in [2.45, 2.75) is 6.92 Å². The van der Waals surface area contributed by atoms with E-state index < -0.39 is 13.3 Å². The molecule has 2 aromatic heterocycles. The molecule has 2 nitrogen and oxygen atoms in total. The van der Waals surface area contributed by atoms with E-state index in [0.717, 1.165) is 22.2 Å². The first-order chi connectivity index (χ1) is 21.8. The van der Waals surface area contributed by atoms with Gasteiger partial charge in [-0.15, -0.1) is 35.9 Å². The molecule has 0 spiro atoms. The Balaban J connectivity index is 0.000000196. The van der Waals surface area contributed by atoms with Crippen LogP contribution < -0.4 is 17.6 Å². The first kappa shape index (κ1) is 29.3. The molecule has 0 unspecified atom stereocenters. The van der Waals surface area contributed by atoms with Crippen molar-refractivity contribution in [1.29, 1.82) is 0 Å². The molecule has 3 heterocycles. The third kappa shape index (κ3) is 4.66. The van der Waals surface area contributed by atoms with Crippen LogP contribution in [0.15, 0.2) is 152 Å². The minimum atomic E-state index is -3.17. The van der Waals surface area contributed by atoms with Crippen molar-refractivity contribution in [3.63, 3.8) is 0 Å². The van der Waals surface area contributed by atoms with Gasteiger partial charge in [-0.2, -0.15) is 0 Å². The average Bonchev–Trinajstić information content (AvgIpc) is 3.41. The second kappa shape index (κ2) is 12.2. The summed E-state index contributed by atoms with van der Waals surface area (Å²) >= 11 is -3.17. The number of rotatable bonds is 3. The first-order valence-electron chi connectivity index (χ1n) is 14.9. The number of pyridine rings is 2. The molecule has 1 aliphatic heterocycles. The summed E-state index contributed by atoms with van der Waals surface area (Å²) in [5, 5.41) is 6.45. The van der Waals surface area contributed by atoms with E-state index in [1.807, 2.05) is 48.8 Å². The number of aromatic nitrogens is 2. The van der Waals surface area contributed by atoms with Gasteiger partial charge in [0, 0.05) is 26.3 Å². The molecule has 0 N–H and O–H groups in total. The maximum atomic E-state index is 4.91. The predicted molar refractivity (Wildman–Crippen MR) is 186 cm³/mol. The number of aryl methyl sites for hydroxylation is 1. The number of nitrogens with zero attached hydrogens (tertiary/aromatic N) is 2. The molecule has 0 saturated carbocycles. The molecule has 6 aromatic carbocycles. The van der Waals surface area contributed by atoms with Crippen LogP contribution in [-0.4, -0.2) is 23.2 Å². The normalized spacial score (nSPS) is 12.6. The molecule has 1 radical (unpaired) electrons. The summed E-state index contributed by atoms with van der Waals surface area (Å²) in [5.41, 5.74) is 4.35. The van der Waals surface area contributed by atoms with Gasteiger partial charge < -0.3 is 4.98 Å². The molecule has 45 heavy (non-hydrogen) atoms. The summed E-state index contributed by atoms with van der Waals surface area (Å²) in [5.74, 6) is 0. The summed E-state index contributed by atoms with van der Waals surface area (Å²) in [4.78, 5) is 9.22. The third-order valence-corrected chi connectivity index (χ3v) is 19.0. The Labute approximate surface area is 279 Å². The van der Waals surface area contributed by atoms with Crippen molar-refractivity contribution in [3.05, 3.63) is 170 Å². The van der Waals surface area contributed by atoms with Crippen molar-refractivity contribution in [2.24, 2.45) is 0 Å². The zero-order chi connectivity index (χ0) is 29.5. The molecule has 1 aliphatic rings. The number of hydrogen-bond donors (Lipinski definition) is 0. The van der Waals surface area contributed by atoms with E-state index >= 15 is 0 Å². The zero-order valence-corrected chi connectivity index (χ0v) is 29.2. The van der Waals surface area contributed by atoms with Crippen molar-refractivity contribution >= 4 is 63.3 Å². The minimum absolute atomic E-state index is 0. The van der Waals surface area contributed by atoms with Gasteiger partial charge in [-0.25, -0.2) is 0 Å². The third-order valence-electron chi connectivity index (χ3n) is 8.84. The maximum absolute atomic E-state index is 4.91. The van der Waals surface area contributed by atoms with Gasteiger partial charge in [-0.05, 0) is 18.7 Å². The van der Waals surface area contributed by atoms with Crippen LogP contribution in [0.2, 0.25) is 0 Å². The van der Waals surface area contributed by atoms with Crippen molar-refractivity contribution in [3.8, 4) is 11.3 Å². The van der Waals surface area contributed by atoms with Crippen LogP contribution in [0.4, 0.5) is 0 Å². The van der Waals surface area contributed by atoms with E-state index in [9.17, 15) is 0 Å². The second-order valence-electron chi connectivity index (χ2n) is 11.2. The summed E-state index contributed by atoms with van der Waals surface area (Å²) in [7, 11) is 0. The van der Waals surface area contributed by atoms with Crippen LogP contribution in [0.1, 0.15) is 5.56 Å². The molecular weight excluding hydrogens is 785 g/mol. The summed E-state index contributed by atoms with van der Waals surface area (Å²) in [6.07, 6.45) is 3.82. The van der Waals surface area contributed by atoms with Gasteiger partial charge in [0.25, 0.3) is 0 Å². The topological polar surface area (TPSA) is 25.8 Å². The number of benzene rings is 6. The quantitative estimate of drug-likeness (QED) is 0.111. The van der Waals surface area contributed by atoms with Gasteiger partial charge in [0.05, 0.1) is 0 Å². The second-order valence-corrected chi connectivity index (χ2v) is 19.0. The molecule has 9 rings (SSSR count). The summed E-state index contributed by atoms with van der Waals surface area (Å²) in [6, 6.07) is 56.5. The van der Waals surface area contributed by atoms with E-state index in [0.29, 0.717) is 0 Å². The molecule has 0 bridgehead atoms. The van der Waals surface area contributed by atoms with Crippen LogP contribution in [0.25, 0.3) is 43.7 Å². The van der Waals surface area contributed by atoms with Gasteiger partial charge >= 0.3 is 184 Å². The number of fused-ring (bicyclic) bond motifs is 3. The van der Waals surface area contributed by atoms with Gasteiger partial charge in [0.1, 0.15) is 0 Å². The van der Waals surface area contributed by atoms with E-state index in [-0.39, 0.29) is 20.1 Å². The molecule has 8 aromatic rings. The summed E-state index contributed by atoms with van der Waals surface area (Å²) < 4.78 is 5.96. The van der Waals surface area contributed by atoms with Crippen molar-refractivity contribution in [2.75, 3.05) is 0 Å². The van der Waals surface area contributed by atoms with E-state index in [4.69, 9.17) is 4.98 Å². The van der Waals surface area contributed by atoms with Crippen LogP contribution >= 0.6 is 0 Å². The van der Waals surface area contributed by atoms with Gasteiger partial charge in [-0.1, -0.05) is 11.6 Å². The fourth-order valence-corrected chi connectivity index (χ4v) is 17.9. The van der Waals surface area contributed by atoms with Crippen LogP contribution in [0.3, 0.4) is 0 Å². The van der Waals surface area contributed by atoms with Crippen LogP contribution in [0, 0.1) is 19.1 Å². The molecular formula is C41H28GeIrN2-2. The van der Waals surface area contributed by atoms with Crippen molar-refractivity contribution in [1.82, 2.24) is 9.97 Å². The Morgan fingerprint density at radius 3 is 1.93 bits per heavy atom. The molecule has 0 fully saturated rings. The first-order valence-corrected chi connectivity index (χ1v) is 19.1. The van der Waals surface area contributed by atoms with Gasteiger partial charge in [0.2, 0.25) is 0 Å². The Hall–Kier alpha value is -4.41. The molecule has 4 heteroatoms. The van der Waals surface area contributed by atoms with E-state index in [1.54, 1.807) is 0 Å². The number of hydrogen-bond acceptors (Lipinski definition) is 2. The standard InChI is InChI=1S/C29H18GeN.C12H10N.Ir/c1-3-10-20(11-4-1)30(21-12-5-2-6-13-21)25-17-9-16-23-22-14-7-8-15-24(22)29-28(27(23)25)26(30)18-19-31-29;1-10-6-5-9-13-12(10)11-7-3-2-4-8-11;/h1-14,16-19H;2-7,9H,1H3;/q2*-1;. The molecule has 0 saturated heterocycles. The van der Waals surface area contributed by atoms with Crippen molar-refractivity contribution < 1.29 is 20.1 Å². The van der Waals surface area contributed by atoms with E-state index in [2.05, 4.69) is 127 Å². The fourth-order valence-electron chi connectivity index (χ4n) is 7.05. The molecule has 0 atom stereocenters. The fraction of sp³-hybridized carbons (Fsp3) is 0.0244. The Morgan fingerprint density at radius 1 is 0.533 bits per heavy atom. The SMILES string of the molecule is Cc1cccnc1-c1[c-]cccc1.[Ir].[c-]1cccc2c1c1ncc[c]3c1c1[c](cccc21)[Ge]3([c]1ccccc1)[c]1ccccc1. The van der Waals surface area contributed by atoms with E-state index in [1.165, 1.54) is 44.7 Å². The molecule has 0 aliphatic carbocycles. The van der Waals surface area contributed by atoms with Gasteiger partial charge in [-0.3, -0.25) is 0 Å². The average molecular weight is 814 g/mol. The Kier molecular flexibility index (Phi) is 7.93. The van der Waals surface area contributed by atoms with Gasteiger partial charge in [0.15, 0.2) is 0 Å². The zero-order valence-electron chi connectivity index (χ0n) is 24.7. The molecule has 0 amide bonds. The monoisotopic (exact) mass is 815 g/mol.